The first-order valence-electron chi connectivity index (χ1n) is 10.6. The molecule has 0 aromatic heterocycles. The third kappa shape index (κ3) is 4.57. The molecule has 1 heterocycles. The van der Waals surface area contributed by atoms with Gasteiger partial charge in [0.2, 0.25) is 0 Å². The Kier molecular flexibility index (Phi) is 6.36. The predicted octanol–water partition coefficient (Wildman–Crippen LogP) is 5.56. The first kappa shape index (κ1) is 21.4. The zero-order valence-electron chi connectivity index (χ0n) is 18.5. The van der Waals surface area contributed by atoms with Crippen LogP contribution in [0.25, 0.3) is 6.08 Å². The van der Waals surface area contributed by atoms with Gasteiger partial charge in [0.25, 0.3) is 5.91 Å². The van der Waals surface area contributed by atoms with Crippen molar-refractivity contribution in [3.63, 3.8) is 0 Å². The van der Waals surface area contributed by atoms with Crippen molar-refractivity contribution in [2.75, 3.05) is 18.7 Å². The van der Waals surface area contributed by atoms with E-state index in [4.69, 9.17) is 9.47 Å². The average Bonchev–Trinajstić information content (AvgIpc) is 3.15. The lowest BCUT2D eigenvalue weighted by atomic mass is 10.00. The molecule has 0 atom stereocenters. The summed E-state index contributed by atoms with van der Waals surface area (Å²) in [6.07, 6.45) is 1.85. The second-order valence-electron chi connectivity index (χ2n) is 7.94. The molecule has 1 aliphatic rings. The highest BCUT2D eigenvalue weighted by Gasteiger charge is 2.32. The molecule has 0 bridgehead atoms. The lowest BCUT2D eigenvalue weighted by Crippen LogP contribution is -2.21. The number of ether oxygens (including phenoxy) is 2. The van der Waals surface area contributed by atoms with Crippen molar-refractivity contribution in [3.05, 3.63) is 95.6 Å². The van der Waals surface area contributed by atoms with Crippen molar-refractivity contribution in [1.82, 2.24) is 0 Å². The molecule has 0 radical (unpaired) electrons. The molecule has 5 nitrogen and oxygen atoms in total. The number of carbonyl (C=O) groups is 1. The summed E-state index contributed by atoms with van der Waals surface area (Å²) in [7, 11) is 1.61. The minimum Gasteiger partial charge on any atom is -0.493 e. The quantitative estimate of drug-likeness (QED) is 0.465. The maximum Gasteiger partial charge on any atom is 0.281 e. The molecule has 32 heavy (non-hydrogen) atoms. The molecule has 0 saturated heterocycles. The van der Waals surface area contributed by atoms with Gasteiger partial charge in [0.05, 0.1) is 25.0 Å². The molecule has 0 spiro atoms. The summed E-state index contributed by atoms with van der Waals surface area (Å²) in [6, 6.07) is 24.9. The third-order valence-electron chi connectivity index (χ3n) is 5.00. The van der Waals surface area contributed by atoms with Gasteiger partial charge >= 0.3 is 0 Å². The monoisotopic (exact) mass is 426 g/mol. The maximum atomic E-state index is 13.4. The Morgan fingerprint density at radius 3 is 2.28 bits per heavy atom. The third-order valence-corrected chi connectivity index (χ3v) is 5.00. The van der Waals surface area contributed by atoms with Crippen LogP contribution in [-0.2, 0) is 4.79 Å². The fourth-order valence-corrected chi connectivity index (χ4v) is 3.41. The van der Waals surface area contributed by atoms with Gasteiger partial charge in [-0.1, -0.05) is 68.4 Å². The Labute approximate surface area is 188 Å². The zero-order chi connectivity index (χ0) is 22.5. The molecule has 5 heteroatoms. The van der Waals surface area contributed by atoms with E-state index in [1.54, 1.807) is 7.11 Å². The SMILES string of the molecule is COc1cc(/C=C2\C(=O)N(c3ccccc3)N=C2c2ccccc2)ccc1OCC(C)C. The van der Waals surface area contributed by atoms with Crippen LogP contribution in [0.2, 0.25) is 0 Å². The highest BCUT2D eigenvalue weighted by Crippen LogP contribution is 2.32. The molecule has 1 aliphatic heterocycles. The number of anilines is 1. The highest BCUT2D eigenvalue weighted by atomic mass is 16.5. The van der Waals surface area contributed by atoms with Crippen molar-refractivity contribution >= 4 is 23.4 Å². The largest absolute Gasteiger partial charge is 0.493 e. The second-order valence-corrected chi connectivity index (χ2v) is 7.94. The number of hydrazone groups is 1. The Morgan fingerprint density at radius 2 is 1.62 bits per heavy atom. The van der Waals surface area contributed by atoms with Gasteiger partial charge in [-0.3, -0.25) is 4.79 Å². The van der Waals surface area contributed by atoms with Crippen molar-refractivity contribution in [3.8, 4) is 11.5 Å². The number of hydrogen-bond donors (Lipinski definition) is 0. The van der Waals surface area contributed by atoms with E-state index in [0.717, 1.165) is 16.8 Å². The van der Waals surface area contributed by atoms with Crippen molar-refractivity contribution < 1.29 is 14.3 Å². The molecular formula is C27H26N2O3. The summed E-state index contributed by atoms with van der Waals surface area (Å²) in [5.74, 6) is 1.55. The molecule has 0 saturated carbocycles. The van der Waals surface area contributed by atoms with Crippen LogP contribution in [0.3, 0.4) is 0 Å². The Morgan fingerprint density at radius 1 is 0.938 bits per heavy atom. The van der Waals surface area contributed by atoms with Gasteiger partial charge in [-0.2, -0.15) is 10.1 Å². The number of nitrogens with zero attached hydrogens (tertiary/aromatic N) is 2. The summed E-state index contributed by atoms with van der Waals surface area (Å²) in [6.45, 7) is 4.80. The summed E-state index contributed by atoms with van der Waals surface area (Å²) in [5.41, 5.74) is 3.61. The van der Waals surface area contributed by atoms with Gasteiger partial charge in [-0.25, -0.2) is 0 Å². The minimum atomic E-state index is -0.172. The number of rotatable bonds is 7. The van der Waals surface area contributed by atoms with E-state index in [2.05, 4.69) is 18.9 Å². The van der Waals surface area contributed by atoms with Crippen molar-refractivity contribution in [2.45, 2.75) is 13.8 Å². The van der Waals surface area contributed by atoms with Gasteiger partial charge in [-0.15, -0.1) is 0 Å². The molecule has 0 fully saturated rings. The molecule has 1 amide bonds. The Hall–Kier alpha value is -3.86. The van der Waals surface area contributed by atoms with Crippen LogP contribution >= 0.6 is 0 Å². The lowest BCUT2D eigenvalue weighted by molar-refractivity contribution is -0.114. The lowest BCUT2D eigenvalue weighted by Gasteiger charge is -2.13. The van der Waals surface area contributed by atoms with Crippen molar-refractivity contribution in [2.24, 2.45) is 11.0 Å². The number of para-hydroxylation sites is 1. The summed E-state index contributed by atoms with van der Waals surface area (Å²) < 4.78 is 11.4. The van der Waals surface area contributed by atoms with Crippen LogP contribution in [0.4, 0.5) is 5.69 Å². The first-order valence-corrected chi connectivity index (χ1v) is 10.6. The molecular weight excluding hydrogens is 400 g/mol. The molecule has 3 aromatic rings. The smallest absolute Gasteiger partial charge is 0.281 e. The van der Waals surface area contributed by atoms with E-state index in [-0.39, 0.29) is 5.91 Å². The summed E-state index contributed by atoms with van der Waals surface area (Å²) in [5, 5.41) is 6.12. The number of amides is 1. The van der Waals surface area contributed by atoms with E-state index in [1.165, 1.54) is 5.01 Å². The van der Waals surface area contributed by atoms with E-state index >= 15 is 0 Å². The van der Waals surface area contributed by atoms with Crippen LogP contribution in [0, 0.1) is 5.92 Å². The zero-order valence-corrected chi connectivity index (χ0v) is 18.5. The average molecular weight is 427 g/mol. The summed E-state index contributed by atoms with van der Waals surface area (Å²) in [4.78, 5) is 13.4. The van der Waals surface area contributed by atoms with Crippen LogP contribution in [0.15, 0.2) is 89.5 Å². The fraction of sp³-hybridized carbons (Fsp3) is 0.185. The van der Waals surface area contributed by atoms with Gasteiger partial charge in [0.15, 0.2) is 11.5 Å². The van der Waals surface area contributed by atoms with E-state index in [0.29, 0.717) is 35.3 Å². The molecule has 0 aliphatic carbocycles. The standard InChI is InChI=1S/C27H26N2O3/c1-19(2)18-32-24-15-14-20(17-25(24)31-3)16-23-26(21-10-6-4-7-11-21)28-29(27(23)30)22-12-8-5-9-13-22/h4-17,19H,18H2,1-3H3/b23-16-. The molecule has 0 unspecified atom stereocenters. The number of benzene rings is 3. The maximum absolute atomic E-state index is 13.4. The first-order chi connectivity index (χ1) is 15.6. The van der Waals surface area contributed by atoms with Gasteiger partial charge < -0.3 is 9.47 Å². The van der Waals surface area contributed by atoms with Crippen LogP contribution in [0.5, 0.6) is 11.5 Å². The molecule has 0 N–H and O–H groups in total. The highest BCUT2D eigenvalue weighted by molar-refractivity contribution is 6.37. The van der Waals surface area contributed by atoms with Gasteiger partial charge in [-0.05, 0) is 41.8 Å². The van der Waals surface area contributed by atoms with Crippen LogP contribution in [0.1, 0.15) is 25.0 Å². The molecule has 4 rings (SSSR count). The van der Waals surface area contributed by atoms with Crippen LogP contribution in [-0.4, -0.2) is 25.3 Å². The van der Waals surface area contributed by atoms with E-state index in [9.17, 15) is 4.79 Å². The minimum absolute atomic E-state index is 0.172. The molecule has 162 valence electrons. The predicted molar refractivity (Wildman–Crippen MR) is 128 cm³/mol. The van der Waals surface area contributed by atoms with Crippen LogP contribution < -0.4 is 14.5 Å². The molecule has 3 aromatic carbocycles. The number of hydrogen-bond acceptors (Lipinski definition) is 4. The Bertz CT molecular complexity index is 1150. The van der Waals surface area contributed by atoms with E-state index < -0.39 is 0 Å². The Balaban J connectivity index is 1.73. The number of methoxy groups -OCH3 is 1. The van der Waals surface area contributed by atoms with E-state index in [1.807, 2.05) is 84.9 Å². The summed E-state index contributed by atoms with van der Waals surface area (Å²) >= 11 is 0. The van der Waals surface area contributed by atoms with Gasteiger partial charge in [0, 0.05) is 5.56 Å². The van der Waals surface area contributed by atoms with Gasteiger partial charge in [0.1, 0.15) is 5.71 Å². The second kappa shape index (κ2) is 9.52. The number of carbonyl (C=O) groups excluding carboxylic acids is 1. The fourth-order valence-electron chi connectivity index (χ4n) is 3.41. The van der Waals surface area contributed by atoms with Crippen molar-refractivity contribution in [1.29, 1.82) is 0 Å². The topological polar surface area (TPSA) is 51.1 Å². The normalized spacial score (nSPS) is 14.8.